The highest BCUT2D eigenvalue weighted by Gasteiger charge is 2.55. The first-order chi connectivity index (χ1) is 15.1. The van der Waals surface area contributed by atoms with Crippen LogP contribution in [0, 0.1) is 5.41 Å². The number of carbonyl (C=O) groups excluding carboxylic acids is 1. The molecule has 1 aliphatic heterocycles. The van der Waals surface area contributed by atoms with Crippen LogP contribution in [0.3, 0.4) is 0 Å². The van der Waals surface area contributed by atoms with Gasteiger partial charge in [-0.05, 0) is 79.2 Å². The van der Waals surface area contributed by atoms with Crippen LogP contribution in [0.25, 0.3) is 5.65 Å². The van der Waals surface area contributed by atoms with Crippen LogP contribution in [-0.4, -0.2) is 43.7 Å². The Morgan fingerprint density at radius 2 is 2.06 bits per heavy atom. The van der Waals surface area contributed by atoms with Crippen molar-refractivity contribution < 1.29 is 4.79 Å². The predicted octanol–water partition coefficient (Wildman–Crippen LogP) is 4.38. The molecule has 3 aliphatic rings. The molecule has 1 spiro atoms. The lowest BCUT2D eigenvalue weighted by Gasteiger charge is -2.21. The Morgan fingerprint density at radius 1 is 1.16 bits per heavy atom. The van der Waals surface area contributed by atoms with Crippen LogP contribution < -0.4 is 0 Å². The molecule has 3 heterocycles. The molecule has 1 amide bonds. The number of rotatable bonds is 4. The number of amides is 1. The fourth-order valence-corrected chi connectivity index (χ4v) is 5.68. The number of benzene rings is 1. The van der Waals surface area contributed by atoms with E-state index in [9.17, 15) is 4.79 Å². The highest BCUT2D eigenvalue weighted by molar-refractivity contribution is 6.31. The first kappa shape index (κ1) is 19.2. The van der Waals surface area contributed by atoms with Gasteiger partial charge in [-0.3, -0.25) is 4.79 Å². The highest BCUT2D eigenvalue weighted by Crippen LogP contribution is 2.64. The van der Waals surface area contributed by atoms with Gasteiger partial charge < -0.3 is 4.90 Å². The normalized spacial score (nSPS) is 25.7. The minimum atomic E-state index is 0.238. The minimum absolute atomic E-state index is 0.238. The van der Waals surface area contributed by atoms with Crippen molar-refractivity contribution in [3.63, 3.8) is 0 Å². The van der Waals surface area contributed by atoms with Crippen LogP contribution >= 0.6 is 11.6 Å². The molecule has 6 rings (SSSR count). The number of hydrogen-bond donors (Lipinski definition) is 0. The highest BCUT2D eigenvalue weighted by atomic mass is 35.5. The van der Waals surface area contributed by atoms with E-state index in [1.165, 1.54) is 18.4 Å². The van der Waals surface area contributed by atoms with Crippen molar-refractivity contribution in [2.75, 3.05) is 13.1 Å². The summed E-state index contributed by atoms with van der Waals surface area (Å²) in [4.78, 5) is 15.1. The van der Waals surface area contributed by atoms with Crippen molar-refractivity contribution in [3.8, 4) is 0 Å². The quantitative estimate of drug-likeness (QED) is 0.609. The molecule has 1 aromatic carbocycles. The van der Waals surface area contributed by atoms with Crippen molar-refractivity contribution in [2.45, 2.75) is 56.8 Å². The topological polar surface area (TPSA) is 63.4 Å². The largest absolute Gasteiger partial charge is 0.342 e. The molecular weight excluding hydrogens is 410 g/mol. The maximum absolute atomic E-state index is 13.1. The van der Waals surface area contributed by atoms with Crippen LogP contribution in [0.15, 0.2) is 36.7 Å². The smallest absolute Gasteiger partial charge is 0.226 e. The number of halogens is 1. The average Bonchev–Trinajstić information content (AvgIpc) is 3.69. The lowest BCUT2D eigenvalue weighted by atomic mass is 9.93. The number of nitrogens with zero attached hydrogens (tertiary/aromatic N) is 5. The Hall–Kier alpha value is -2.47. The zero-order chi connectivity index (χ0) is 21.0. The van der Waals surface area contributed by atoms with Crippen LogP contribution in [0.4, 0.5) is 0 Å². The maximum Gasteiger partial charge on any atom is 0.226 e. The van der Waals surface area contributed by atoms with Crippen LogP contribution in [-0.2, 0) is 11.2 Å². The molecule has 31 heavy (non-hydrogen) atoms. The third-order valence-corrected chi connectivity index (χ3v) is 7.84. The summed E-state index contributed by atoms with van der Waals surface area (Å²) in [6.07, 6.45) is 9.00. The van der Waals surface area contributed by atoms with Crippen molar-refractivity contribution >= 4 is 23.2 Å². The summed E-state index contributed by atoms with van der Waals surface area (Å²) in [6.45, 7) is 1.70. The Bertz CT molecular complexity index is 1160. The predicted molar refractivity (Wildman–Crippen MR) is 118 cm³/mol. The van der Waals surface area contributed by atoms with Gasteiger partial charge >= 0.3 is 0 Å². The van der Waals surface area contributed by atoms with Gasteiger partial charge in [0.15, 0.2) is 5.65 Å². The molecule has 2 aliphatic carbocycles. The molecule has 2 atom stereocenters. The van der Waals surface area contributed by atoms with E-state index in [4.69, 9.17) is 16.7 Å². The summed E-state index contributed by atoms with van der Waals surface area (Å²) in [5.41, 5.74) is 4.51. The second-order valence-corrected chi connectivity index (χ2v) is 9.96. The molecule has 0 bridgehead atoms. The average molecular weight is 436 g/mol. The third kappa shape index (κ3) is 3.61. The van der Waals surface area contributed by atoms with Gasteiger partial charge in [-0.25, -0.2) is 4.52 Å². The summed E-state index contributed by atoms with van der Waals surface area (Å²) in [5, 5.41) is 13.5. The Morgan fingerprint density at radius 3 is 2.94 bits per heavy atom. The molecule has 2 saturated carbocycles. The molecular formula is C24H26ClN5O. The molecule has 160 valence electrons. The van der Waals surface area contributed by atoms with E-state index >= 15 is 0 Å². The zero-order valence-corrected chi connectivity index (χ0v) is 18.3. The molecule has 6 nitrogen and oxygen atoms in total. The molecule has 2 unspecified atom stereocenters. The summed E-state index contributed by atoms with van der Waals surface area (Å²) >= 11 is 6.36. The fourth-order valence-electron chi connectivity index (χ4n) is 5.41. The Balaban J connectivity index is 1.11. The molecule has 7 heteroatoms. The monoisotopic (exact) mass is 435 g/mol. The van der Waals surface area contributed by atoms with Gasteiger partial charge in [0.2, 0.25) is 5.91 Å². The lowest BCUT2D eigenvalue weighted by molar-refractivity contribution is -0.130. The van der Waals surface area contributed by atoms with Gasteiger partial charge in [0.1, 0.15) is 6.33 Å². The van der Waals surface area contributed by atoms with Crippen LogP contribution in [0.2, 0.25) is 5.02 Å². The van der Waals surface area contributed by atoms with Crippen molar-refractivity contribution in [1.82, 2.24) is 24.7 Å². The van der Waals surface area contributed by atoms with Crippen LogP contribution in [0.1, 0.15) is 67.2 Å². The summed E-state index contributed by atoms with van der Waals surface area (Å²) in [5.74, 6) is 1.31. The molecule has 3 aromatic rings. The van der Waals surface area contributed by atoms with E-state index in [-0.39, 0.29) is 5.91 Å². The van der Waals surface area contributed by atoms with Gasteiger partial charge in [0.25, 0.3) is 0 Å². The van der Waals surface area contributed by atoms with E-state index in [0.717, 1.165) is 60.7 Å². The van der Waals surface area contributed by atoms with Gasteiger partial charge in [-0.1, -0.05) is 23.7 Å². The number of fused-ring (bicyclic) bond motifs is 1. The van der Waals surface area contributed by atoms with E-state index < -0.39 is 0 Å². The number of carbonyl (C=O) groups is 1. The summed E-state index contributed by atoms with van der Waals surface area (Å²) in [6, 6.07) is 10.2. The van der Waals surface area contributed by atoms with E-state index in [1.54, 1.807) is 10.8 Å². The SMILES string of the molecule is O=C(Cc1ccc(Cl)c(C2CC2)c1)N1CCCC2(CC1)CC2c1ccc2nncn2n1. The first-order valence-corrected chi connectivity index (χ1v) is 11.7. The molecule has 2 aromatic heterocycles. The fraction of sp³-hybridized carbons (Fsp3) is 0.500. The Kier molecular flexibility index (Phi) is 4.53. The standard InChI is InChI=1S/C24H26ClN5O/c25-20-5-2-16(12-18(20)17-3-4-17)13-23(31)29-10-1-8-24(9-11-29)14-19(24)21-6-7-22-27-26-15-30(22)28-21/h2,5-7,12,15,17,19H,1,3-4,8-11,13-14H2. The maximum atomic E-state index is 13.1. The number of hydrogen-bond acceptors (Lipinski definition) is 4. The van der Waals surface area contributed by atoms with Crippen LogP contribution in [0.5, 0.6) is 0 Å². The third-order valence-electron chi connectivity index (χ3n) is 7.50. The van der Waals surface area contributed by atoms with Crippen molar-refractivity contribution in [3.05, 3.63) is 58.5 Å². The molecule has 3 fully saturated rings. The second kappa shape index (κ2) is 7.30. The Labute approximate surface area is 186 Å². The van der Waals surface area contributed by atoms with Gasteiger partial charge in [-0.15, -0.1) is 10.2 Å². The summed E-state index contributed by atoms with van der Waals surface area (Å²) in [7, 11) is 0. The van der Waals surface area contributed by atoms with E-state index in [1.807, 2.05) is 18.2 Å². The molecule has 0 N–H and O–H groups in total. The van der Waals surface area contributed by atoms with Gasteiger partial charge in [-0.2, -0.15) is 5.10 Å². The zero-order valence-electron chi connectivity index (χ0n) is 17.5. The molecule has 0 radical (unpaired) electrons. The minimum Gasteiger partial charge on any atom is -0.342 e. The summed E-state index contributed by atoms with van der Waals surface area (Å²) < 4.78 is 1.76. The van der Waals surface area contributed by atoms with E-state index in [2.05, 4.69) is 27.2 Å². The molecule has 1 saturated heterocycles. The lowest BCUT2D eigenvalue weighted by Crippen LogP contribution is -2.33. The van der Waals surface area contributed by atoms with Crippen molar-refractivity contribution in [2.24, 2.45) is 5.41 Å². The van der Waals surface area contributed by atoms with Crippen molar-refractivity contribution in [1.29, 1.82) is 0 Å². The van der Waals surface area contributed by atoms with Gasteiger partial charge in [0.05, 0.1) is 12.1 Å². The number of aromatic nitrogens is 4. The van der Waals surface area contributed by atoms with Gasteiger partial charge in [0, 0.05) is 24.0 Å². The second-order valence-electron chi connectivity index (χ2n) is 9.55. The van der Waals surface area contributed by atoms with E-state index in [0.29, 0.717) is 23.7 Å². The number of likely N-dealkylation sites (tertiary alicyclic amines) is 1. The first-order valence-electron chi connectivity index (χ1n) is 11.3.